The molecular formula is C13H19N3O4S2. The largest absolute Gasteiger partial charge is 0.468 e. The molecule has 0 unspecified atom stereocenters. The maximum atomic E-state index is 11.7. The molecule has 122 valence electrons. The Hall–Kier alpha value is -1.35. The lowest BCUT2D eigenvalue weighted by Gasteiger charge is -2.12. The Labute approximate surface area is 134 Å². The minimum atomic E-state index is -2.99. The molecule has 0 saturated carbocycles. The first-order valence-electron chi connectivity index (χ1n) is 6.87. The SMILES string of the molecule is C=CCn1c(S[C@H](C)C(=O)OC)nnc1[C@H]1CCS(=O)(=O)C1. The minimum absolute atomic E-state index is 0.0967. The number of sulfone groups is 1. The second-order valence-corrected chi connectivity index (χ2v) is 8.66. The number of hydrogen-bond acceptors (Lipinski definition) is 7. The highest BCUT2D eigenvalue weighted by atomic mass is 32.2. The van der Waals surface area contributed by atoms with Crippen LogP contribution < -0.4 is 0 Å². The zero-order valence-corrected chi connectivity index (χ0v) is 14.2. The van der Waals surface area contributed by atoms with Crippen LogP contribution >= 0.6 is 11.8 Å². The molecule has 0 N–H and O–H groups in total. The van der Waals surface area contributed by atoms with Crippen LogP contribution in [0.15, 0.2) is 17.8 Å². The molecule has 0 bridgehead atoms. The summed E-state index contributed by atoms with van der Waals surface area (Å²) in [4.78, 5) is 11.5. The Kier molecular flexibility index (Phi) is 5.28. The summed E-state index contributed by atoms with van der Waals surface area (Å²) in [6.07, 6.45) is 2.25. The highest BCUT2D eigenvalue weighted by molar-refractivity contribution is 8.00. The van der Waals surface area contributed by atoms with Gasteiger partial charge >= 0.3 is 5.97 Å². The van der Waals surface area contributed by atoms with E-state index in [0.717, 1.165) is 0 Å². The number of methoxy groups -OCH3 is 1. The second-order valence-electron chi connectivity index (χ2n) is 5.12. The molecule has 1 aromatic heterocycles. The van der Waals surface area contributed by atoms with Gasteiger partial charge < -0.3 is 9.30 Å². The third-order valence-electron chi connectivity index (χ3n) is 3.47. The van der Waals surface area contributed by atoms with Crippen LogP contribution in [0.25, 0.3) is 0 Å². The monoisotopic (exact) mass is 345 g/mol. The molecule has 0 aromatic carbocycles. The second kappa shape index (κ2) is 6.82. The van der Waals surface area contributed by atoms with Crippen molar-refractivity contribution < 1.29 is 17.9 Å². The van der Waals surface area contributed by atoms with Gasteiger partial charge in [0.25, 0.3) is 0 Å². The maximum absolute atomic E-state index is 11.7. The molecule has 2 heterocycles. The number of aromatic nitrogens is 3. The summed E-state index contributed by atoms with van der Waals surface area (Å²) in [5.41, 5.74) is 0. The molecule has 1 fully saturated rings. The first kappa shape index (κ1) is 17.0. The average molecular weight is 345 g/mol. The van der Waals surface area contributed by atoms with Crippen LogP contribution in [0.3, 0.4) is 0 Å². The average Bonchev–Trinajstić information content (AvgIpc) is 3.02. The topological polar surface area (TPSA) is 91.2 Å². The first-order valence-corrected chi connectivity index (χ1v) is 9.57. The lowest BCUT2D eigenvalue weighted by atomic mass is 10.1. The number of nitrogens with zero attached hydrogens (tertiary/aromatic N) is 3. The molecule has 1 aliphatic heterocycles. The van der Waals surface area contributed by atoms with Gasteiger partial charge in [0.1, 0.15) is 11.1 Å². The van der Waals surface area contributed by atoms with Gasteiger partial charge in [-0.1, -0.05) is 17.8 Å². The fourth-order valence-electron chi connectivity index (χ4n) is 2.36. The molecule has 1 aromatic rings. The Morgan fingerprint density at radius 2 is 2.32 bits per heavy atom. The molecule has 9 heteroatoms. The Morgan fingerprint density at radius 3 is 2.86 bits per heavy atom. The van der Waals surface area contributed by atoms with Crippen molar-refractivity contribution in [3.8, 4) is 0 Å². The predicted molar refractivity (Wildman–Crippen MR) is 83.6 cm³/mol. The van der Waals surface area contributed by atoms with Crippen molar-refractivity contribution in [2.45, 2.75) is 36.2 Å². The summed E-state index contributed by atoms with van der Waals surface area (Å²) in [5.74, 6) is 0.419. The van der Waals surface area contributed by atoms with Crippen molar-refractivity contribution in [2.75, 3.05) is 18.6 Å². The first-order chi connectivity index (χ1) is 10.4. The van der Waals surface area contributed by atoms with Gasteiger partial charge in [-0.05, 0) is 13.3 Å². The molecule has 0 aliphatic carbocycles. The van der Waals surface area contributed by atoms with E-state index in [1.165, 1.54) is 18.9 Å². The number of thioether (sulfide) groups is 1. The summed E-state index contributed by atoms with van der Waals surface area (Å²) in [7, 11) is -1.66. The van der Waals surface area contributed by atoms with Crippen LogP contribution in [-0.4, -0.2) is 53.0 Å². The van der Waals surface area contributed by atoms with Crippen LogP contribution in [-0.2, 0) is 25.9 Å². The van der Waals surface area contributed by atoms with E-state index >= 15 is 0 Å². The summed E-state index contributed by atoms with van der Waals surface area (Å²) in [5, 5.41) is 8.41. The number of hydrogen-bond donors (Lipinski definition) is 0. The van der Waals surface area contributed by atoms with Crippen LogP contribution in [0.4, 0.5) is 0 Å². The minimum Gasteiger partial charge on any atom is -0.468 e. The van der Waals surface area contributed by atoms with Crippen molar-refractivity contribution in [3.63, 3.8) is 0 Å². The van der Waals surface area contributed by atoms with Crippen molar-refractivity contribution in [3.05, 3.63) is 18.5 Å². The zero-order chi connectivity index (χ0) is 16.3. The molecule has 7 nitrogen and oxygen atoms in total. The molecule has 1 saturated heterocycles. The molecule has 1 aliphatic rings. The molecule has 0 amide bonds. The van der Waals surface area contributed by atoms with Crippen molar-refractivity contribution in [1.29, 1.82) is 0 Å². The fraction of sp³-hybridized carbons (Fsp3) is 0.615. The quantitative estimate of drug-likeness (QED) is 0.432. The Bertz CT molecular complexity index is 669. The van der Waals surface area contributed by atoms with E-state index < -0.39 is 15.1 Å². The van der Waals surface area contributed by atoms with Gasteiger partial charge in [0.15, 0.2) is 15.0 Å². The number of allylic oxidation sites excluding steroid dienone is 1. The number of rotatable bonds is 6. The summed E-state index contributed by atoms with van der Waals surface area (Å²) < 4.78 is 29.8. The van der Waals surface area contributed by atoms with Crippen LogP contribution in [0.2, 0.25) is 0 Å². The van der Waals surface area contributed by atoms with E-state index in [4.69, 9.17) is 4.74 Å². The van der Waals surface area contributed by atoms with Crippen LogP contribution in [0, 0.1) is 0 Å². The number of ether oxygens (including phenoxy) is 1. The number of carbonyl (C=O) groups is 1. The van der Waals surface area contributed by atoms with Gasteiger partial charge in [-0.2, -0.15) is 0 Å². The van der Waals surface area contributed by atoms with Gasteiger partial charge in [0.05, 0.1) is 18.6 Å². The van der Waals surface area contributed by atoms with Crippen molar-refractivity contribution in [1.82, 2.24) is 14.8 Å². The summed E-state index contributed by atoms with van der Waals surface area (Å²) in [6, 6.07) is 0. The number of esters is 1. The summed E-state index contributed by atoms with van der Waals surface area (Å²) in [6.45, 7) is 5.90. The van der Waals surface area contributed by atoms with E-state index in [1.54, 1.807) is 13.0 Å². The zero-order valence-electron chi connectivity index (χ0n) is 12.6. The van der Waals surface area contributed by atoms with Gasteiger partial charge in [0, 0.05) is 12.5 Å². The predicted octanol–water partition coefficient (Wildman–Crippen LogP) is 1.02. The van der Waals surface area contributed by atoms with Crippen LogP contribution in [0.1, 0.15) is 25.1 Å². The standard InChI is InChI=1S/C13H19N3O4S2/c1-4-6-16-11(10-5-7-22(18,19)8-10)14-15-13(16)21-9(2)12(17)20-3/h4,9-10H,1,5-8H2,2-3H3/t9-,10+/m1/s1. The number of carbonyl (C=O) groups excluding carboxylic acids is 1. The van der Waals surface area contributed by atoms with E-state index in [1.807, 2.05) is 4.57 Å². The fourth-order valence-corrected chi connectivity index (χ4v) is 4.99. The molecule has 22 heavy (non-hydrogen) atoms. The lowest BCUT2D eigenvalue weighted by molar-refractivity contribution is -0.139. The Morgan fingerprint density at radius 1 is 1.59 bits per heavy atom. The normalized spacial score (nSPS) is 21.5. The van der Waals surface area contributed by atoms with E-state index in [-0.39, 0.29) is 23.4 Å². The molecule has 0 radical (unpaired) electrons. The lowest BCUT2D eigenvalue weighted by Crippen LogP contribution is -2.16. The van der Waals surface area contributed by atoms with Gasteiger partial charge in [-0.15, -0.1) is 16.8 Å². The van der Waals surface area contributed by atoms with Gasteiger partial charge in [-0.3, -0.25) is 4.79 Å². The maximum Gasteiger partial charge on any atom is 0.318 e. The van der Waals surface area contributed by atoms with E-state index in [0.29, 0.717) is 23.9 Å². The highest BCUT2D eigenvalue weighted by Crippen LogP contribution is 2.31. The third kappa shape index (κ3) is 3.70. The highest BCUT2D eigenvalue weighted by Gasteiger charge is 2.33. The third-order valence-corrected chi connectivity index (χ3v) is 6.30. The van der Waals surface area contributed by atoms with Gasteiger partial charge in [0.2, 0.25) is 0 Å². The molecule has 2 atom stereocenters. The Balaban J connectivity index is 2.25. The van der Waals surface area contributed by atoms with E-state index in [9.17, 15) is 13.2 Å². The summed E-state index contributed by atoms with van der Waals surface area (Å²) >= 11 is 1.24. The molecule has 0 spiro atoms. The van der Waals surface area contributed by atoms with Gasteiger partial charge in [-0.25, -0.2) is 8.42 Å². The van der Waals surface area contributed by atoms with Crippen molar-refractivity contribution in [2.24, 2.45) is 0 Å². The van der Waals surface area contributed by atoms with Crippen molar-refractivity contribution >= 4 is 27.6 Å². The van der Waals surface area contributed by atoms with Crippen LogP contribution in [0.5, 0.6) is 0 Å². The molecular weight excluding hydrogens is 326 g/mol. The smallest absolute Gasteiger partial charge is 0.318 e. The molecule has 2 rings (SSSR count). The van der Waals surface area contributed by atoms with E-state index in [2.05, 4.69) is 16.8 Å².